The Kier molecular flexibility index (Phi) is 6.02. The molecule has 4 rings (SSSR count). The molecule has 33 heavy (non-hydrogen) atoms. The Morgan fingerprint density at radius 3 is 2.67 bits per heavy atom. The van der Waals surface area contributed by atoms with Crippen molar-refractivity contribution >= 4 is 23.2 Å². The van der Waals surface area contributed by atoms with Gasteiger partial charge in [-0.2, -0.15) is 5.10 Å². The minimum Gasteiger partial charge on any atom is -0.496 e. The zero-order chi connectivity index (χ0) is 23.8. The molecule has 2 atom stereocenters. The molecule has 1 saturated heterocycles. The summed E-state index contributed by atoms with van der Waals surface area (Å²) >= 11 is 1.41. The second-order valence-electron chi connectivity index (χ2n) is 9.06. The topological polar surface area (TPSA) is 93.9 Å². The summed E-state index contributed by atoms with van der Waals surface area (Å²) in [5.41, 5.74) is -0.532. The Bertz CT molecular complexity index is 1140. The third kappa shape index (κ3) is 4.14. The summed E-state index contributed by atoms with van der Waals surface area (Å²) < 4.78 is 13.1. The van der Waals surface area contributed by atoms with Crippen LogP contribution in [0.25, 0.3) is 0 Å². The van der Waals surface area contributed by atoms with Crippen LogP contribution in [0.4, 0.5) is 0 Å². The standard InChI is InChI=1S/C24H27N3O5S/c1-23(2,3)17-9-8-16(13-18(17)31-4)20(28)27-21(19-7-5-12-33-19)32-15-24(27,22(29)30)14-26-11-6-10-25-26/h5-13,21H,14-15H2,1-4H3,(H,29,30). The van der Waals surface area contributed by atoms with Gasteiger partial charge in [0.25, 0.3) is 5.91 Å². The Morgan fingerprint density at radius 2 is 2.09 bits per heavy atom. The quantitative estimate of drug-likeness (QED) is 0.588. The molecule has 1 amide bonds. The predicted molar refractivity (Wildman–Crippen MR) is 123 cm³/mol. The maximum atomic E-state index is 13.9. The molecule has 1 fully saturated rings. The van der Waals surface area contributed by atoms with Crippen molar-refractivity contribution < 1.29 is 24.2 Å². The average Bonchev–Trinajstić information content (AvgIpc) is 3.53. The van der Waals surface area contributed by atoms with E-state index in [1.54, 1.807) is 37.7 Å². The number of rotatable bonds is 6. The van der Waals surface area contributed by atoms with Crippen molar-refractivity contribution in [2.45, 2.75) is 44.5 Å². The molecule has 9 heteroatoms. The molecule has 3 aromatic rings. The monoisotopic (exact) mass is 469 g/mol. The molecule has 1 aromatic carbocycles. The Morgan fingerprint density at radius 1 is 1.30 bits per heavy atom. The number of aliphatic carboxylic acids is 1. The van der Waals surface area contributed by atoms with Crippen molar-refractivity contribution in [2.24, 2.45) is 0 Å². The van der Waals surface area contributed by atoms with E-state index in [0.29, 0.717) is 11.3 Å². The third-order valence-electron chi connectivity index (χ3n) is 5.82. The van der Waals surface area contributed by atoms with Gasteiger partial charge in [-0.1, -0.05) is 32.9 Å². The summed E-state index contributed by atoms with van der Waals surface area (Å²) in [6.07, 6.45) is 2.43. The van der Waals surface area contributed by atoms with Gasteiger partial charge in [0.1, 0.15) is 5.75 Å². The van der Waals surface area contributed by atoms with Crippen molar-refractivity contribution in [1.29, 1.82) is 0 Å². The van der Waals surface area contributed by atoms with Crippen LogP contribution in [0.1, 0.15) is 47.8 Å². The van der Waals surface area contributed by atoms with Gasteiger partial charge in [-0.3, -0.25) is 14.4 Å². The maximum absolute atomic E-state index is 13.9. The zero-order valence-electron chi connectivity index (χ0n) is 19.0. The fourth-order valence-electron chi connectivity index (χ4n) is 4.13. The van der Waals surface area contributed by atoms with Crippen LogP contribution >= 0.6 is 11.3 Å². The first-order chi connectivity index (χ1) is 15.7. The molecule has 174 valence electrons. The van der Waals surface area contributed by atoms with Gasteiger partial charge >= 0.3 is 5.97 Å². The molecule has 1 N–H and O–H groups in total. The van der Waals surface area contributed by atoms with Crippen molar-refractivity contribution in [2.75, 3.05) is 13.7 Å². The molecule has 0 spiro atoms. The zero-order valence-corrected chi connectivity index (χ0v) is 19.8. The van der Waals surface area contributed by atoms with E-state index in [4.69, 9.17) is 9.47 Å². The van der Waals surface area contributed by atoms with Crippen LogP contribution in [0.5, 0.6) is 5.75 Å². The number of benzene rings is 1. The van der Waals surface area contributed by atoms with E-state index in [0.717, 1.165) is 10.4 Å². The number of carboxylic acid groups (broad SMARTS) is 1. The van der Waals surface area contributed by atoms with Gasteiger partial charge in [0.05, 0.1) is 25.1 Å². The number of hydrogen-bond donors (Lipinski definition) is 1. The Labute approximate surface area is 196 Å². The summed E-state index contributed by atoms with van der Waals surface area (Å²) in [5, 5.41) is 16.4. The third-order valence-corrected chi connectivity index (χ3v) is 6.72. The molecule has 0 bridgehead atoms. The number of nitrogens with zero attached hydrogens (tertiary/aromatic N) is 3. The number of carbonyl (C=O) groups is 2. The van der Waals surface area contributed by atoms with Crippen molar-refractivity contribution in [3.8, 4) is 5.75 Å². The molecule has 2 aromatic heterocycles. The largest absolute Gasteiger partial charge is 0.496 e. The number of carboxylic acids is 1. The van der Waals surface area contributed by atoms with E-state index in [1.165, 1.54) is 20.9 Å². The summed E-state index contributed by atoms with van der Waals surface area (Å²) in [6.45, 7) is 5.99. The van der Waals surface area contributed by atoms with Crippen LogP contribution in [0.2, 0.25) is 0 Å². The first-order valence-electron chi connectivity index (χ1n) is 10.6. The van der Waals surface area contributed by atoms with Gasteiger partial charge in [0.2, 0.25) is 0 Å². The molecule has 8 nitrogen and oxygen atoms in total. The van der Waals surface area contributed by atoms with E-state index in [1.807, 2.05) is 23.6 Å². The van der Waals surface area contributed by atoms with Crippen LogP contribution in [-0.4, -0.2) is 50.9 Å². The summed E-state index contributed by atoms with van der Waals surface area (Å²) in [5.74, 6) is -1.02. The molecule has 1 aliphatic rings. The van der Waals surface area contributed by atoms with E-state index < -0.39 is 23.6 Å². The van der Waals surface area contributed by atoms with Crippen LogP contribution in [0.15, 0.2) is 54.2 Å². The van der Waals surface area contributed by atoms with Crippen LogP contribution in [-0.2, 0) is 21.5 Å². The maximum Gasteiger partial charge on any atom is 0.334 e. The lowest BCUT2D eigenvalue weighted by Crippen LogP contribution is -2.58. The number of carbonyl (C=O) groups excluding carboxylic acids is 1. The number of thiophene rings is 1. The molecule has 0 radical (unpaired) electrons. The summed E-state index contributed by atoms with van der Waals surface area (Å²) in [4.78, 5) is 28.7. The second kappa shape index (κ2) is 8.64. The van der Waals surface area contributed by atoms with Crippen LogP contribution in [0.3, 0.4) is 0 Å². The number of ether oxygens (including phenoxy) is 2. The van der Waals surface area contributed by atoms with E-state index in [2.05, 4.69) is 25.9 Å². The van der Waals surface area contributed by atoms with Crippen LogP contribution < -0.4 is 4.74 Å². The molecule has 0 aliphatic carbocycles. The summed E-state index contributed by atoms with van der Waals surface area (Å²) in [7, 11) is 1.56. The number of methoxy groups -OCH3 is 1. The summed E-state index contributed by atoms with van der Waals surface area (Å²) in [6, 6.07) is 10.7. The lowest BCUT2D eigenvalue weighted by atomic mass is 9.85. The van der Waals surface area contributed by atoms with Crippen molar-refractivity contribution in [3.63, 3.8) is 0 Å². The Hall–Kier alpha value is -3.17. The Balaban J connectivity index is 1.82. The highest BCUT2D eigenvalue weighted by Crippen LogP contribution is 2.42. The van der Waals surface area contributed by atoms with Gasteiger partial charge in [-0.25, -0.2) is 4.79 Å². The van der Waals surface area contributed by atoms with Gasteiger partial charge < -0.3 is 14.6 Å². The number of amides is 1. The van der Waals surface area contributed by atoms with Crippen LogP contribution in [0, 0.1) is 0 Å². The SMILES string of the molecule is COc1cc(C(=O)N2C(c3cccs3)OCC2(Cn2cccn2)C(=O)O)ccc1C(C)(C)C. The van der Waals surface area contributed by atoms with E-state index >= 15 is 0 Å². The van der Waals surface area contributed by atoms with Crippen molar-refractivity contribution in [3.05, 3.63) is 70.2 Å². The van der Waals surface area contributed by atoms with Gasteiger partial charge in [-0.05, 0) is 40.6 Å². The second-order valence-corrected chi connectivity index (χ2v) is 10.0. The fraction of sp³-hybridized carbons (Fsp3) is 0.375. The minimum atomic E-state index is -1.63. The van der Waals surface area contributed by atoms with E-state index in [-0.39, 0.29) is 18.6 Å². The lowest BCUT2D eigenvalue weighted by molar-refractivity contribution is -0.149. The molecule has 2 unspecified atom stereocenters. The normalized spacial score (nSPS) is 20.7. The van der Waals surface area contributed by atoms with Gasteiger partial charge in [0, 0.05) is 18.0 Å². The fourth-order valence-corrected chi connectivity index (χ4v) is 4.89. The van der Waals surface area contributed by atoms with E-state index in [9.17, 15) is 14.7 Å². The highest BCUT2D eigenvalue weighted by Gasteiger charge is 2.57. The molecule has 1 aliphatic heterocycles. The smallest absolute Gasteiger partial charge is 0.334 e. The number of hydrogen-bond acceptors (Lipinski definition) is 6. The molecular weight excluding hydrogens is 442 g/mol. The van der Waals surface area contributed by atoms with Crippen molar-refractivity contribution in [1.82, 2.24) is 14.7 Å². The van der Waals surface area contributed by atoms with Gasteiger partial charge in [0.15, 0.2) is 11.8 Å². The highest BCUT2D eigenvalue weighted by atomic mass is 32.1. The highest BCUT2D eigenvalue weighted by molar-refractivity contribution is 7.10. The first-order valence-corrected chi connectivity index (χ1v) is 11.4. The predicted octanol–water partition coefficient (Wildman–Crippen LogP) is 3.95. The number of aromatic nitrogens is 2. The minimum absolute atomic E-state index is 0.0415. The first kappa shape index (κ1) is 23.0. The van der Waals surface area contributed by atoms with Gasteiger partial charge in [-0.15, -0.1) is 11.3 Å². The lowest BCUT2D eigenvalue weighted by Gasteiger charge is -2.35. The average molecular weight is 470 g/mol. The molecular formula is C24H27N3O5S. The molecule has 3 heterocycles. The molecule has 0 saturated carbocycles.